The maximum absolute atomic E-state index is 13.1. The second-order valence-electron chi connectivity index (χ2n) is 6.12. The molecular weight excluding hydrogens is 309 g/mol. The van der Waals surface area contributed by atoms with Crippen molar-refractivity contribution in [3.05, 3.63) is 59.4 Å². The quantitative estimate of drug-likeness (QED) is 0.851. The summed E-state index contributed by atoms with van der Waals surface area (Å²) in [5, 5.41) is 13.0. The first-order valence-electron chi connectivity index (χ1n) is 8.01. The first-order chi connectivity index (χ1) is 11.5. The molecule has 1 amide bonds. The van der Waals surface area contributed by atoms with Gasteiger partial charge in [0.15, 0.2) is 0 Å². The standard InChI is InChI=1S/C19H20FNO3/c1-12-10-14(20)4-9-17(12)18(22)11-24-16-7-5-15(6-8-16)21-19(23)13-2-3-13/h4-10,13,18,22H,2-3,11H2,1H3,(H,21,23). The summed E-state index contributed by atoms with van der Waals surface area (Å²) >= 11 is 0. The van der Waals surface area contributed by atoms with Gasteiger partial charge >= 0.3 is 0 Å². The highest BCUT2D eigenvalue weighted by Crippen LogP contribution is 2.30. The Kier molecular flexibility index (Phi) is 4.81. The molecule has 4 nitrogen and oxygen atoms in total. The van der Waals surface area contributed by atoms with Gasteiger partial charge in [0, 0.05) is 11.6 Å². The third-order valence-corrected chi connectivity index (χ3v) is 4.07. The van der Waals surface area contributed by atoms with Crippen molar-refractivity contribution in [2.75, 3.05) is 11.9 Å². The molecule has 126 valence electrons. The number of halogens is 1. The molecule has 1 aliphatic carbocycles. The fraction of sp³-hybridized carbons (Fsp3) is 0.316. The number of aryl methyl sites for hydroxylation is 1. The number of carbonyl (C=O) groups is 1. The summed E-state index contributed by atoms with van der Waals surface area (Å²) in [4.78, 5) is 11.7. The molecule has 3 rings (SSSR count). The number of ether oxygens (including phenoxy) is 1. The van der Waals surface area contributed by atoms with Crippen molar-refractivity contribution in [1.82, 2.24) is 0 Å². The summed E-state index contributed by atoms with van der Waals surface area (Å²) in [6.45, 7) is 1.82. The molecule has 0 heterocycles. The predicted octanol–water partition coefficient (Wildman–Crippen LogP) is 3.60. The van der Waals surface area contributed by atoms with Crippen LogP contribution in [-0.2, 0) is 4.79 Å². The van der Waals surface area contributed by atoms with Crippen molar-refractivity contribution >= 4 is 11.6 Å². The van der Waals surface area contributed by atoms with E-state index in [1.165, 1.54) is 12.1 Å². The molecule has 24 heavy (non-hydrogen) atoms. The normalized spacial score (nSPS) is 15.0. The molecule has 1 aliphatic rings. The lowest BCUT2D eigenvalue weighted by Crippen LogP contribution is -2.13. The number of carbonyl (C=O) groups excluding carboxylic acids is 1. The van der Waals surface area contributed by atoms with Gasteiger partial charge < -0.3 is 15.2 Å². The largest absolute Gasteiger partial charge is 0.491 e. The first-order valence-corrected chi connectivity index (χ1v) is 8.01. The summed E-state index contributed by atoms with van der Waals surface area (Å²) in [6.07, 6.45) is 1.10. The smallest absolute Gasteiger partial charge is 0.227 e. The van der Waals surface area contributed by atoms with Crippen molar-refractivity contribution in [3.8, 4) is 5.75 Å². The van der Waals surface area contributed by atoms with Crippen molar-refractivity contribution < 1.29 is 19.0 Å². The van der Waals surface area contributed by atoms with Crippen molar-refractivity contribution in [2.24, 2.45) is 5.92 Å². The van der Waals surface area contributed by atoms with Crippen molar-refractivity contribution in [1.29, 1.82) is 0 Å². The van der Waals surface area contributed by atoms with Gasteiger partial charge in [-0.05, 0) is 67.3 Å². The van der Waals surface area contributed by atoms with Crippen LogP contribution in [0.3, 0.4) is 0 Å². The number of nitrogens with one attached hydrogen (secondary N) is 1. The van der Waals surface area contributed by atoms with Crippen molar-refractivity contribution in [2.45, 2.75) is 25.9 Å². The van der Waals surface area contributed by atoms with E-state index in [1.54, 1.807) is 37.3 Å². The molecule has 0 bridgehead atoms. The van der Waals surface area contributed by atoms with Gasteiger partial charge in [0.05, 0.1) is 0 Å². The van der Waals surface area contributed by atoms with Gasteiger partial charge in [-0.3, -0.25) is 4.79 Å². The van der Waals surface area contributed by atoms with Gasteiger partial charge in [0.25, 0.3) is 0 Å². The van der Waals surface area contributed by atoms with Gasteiger partial charge in [-0.25, -0.2) is 4.39 Å². The molecule has 1 fully saturated rings. The molecule has 0 radical (unpaired) electrons. The summed E-state index contributed by atoms with van der Waals surface area (Å²) in [5.41, 5.74) is 2.06. The molecule has 0 spiro atoms. The van der Waals surface area contributed by atoms with E-state index >= 15 is 0 Å². The van der Waals surface area contributed by atoms with Crippen LogP contribution in [0.4, 0.5) is 10.1 Å². The molecule has 1 saturated carbocycles. The van der Waals surface area contributed by atoms with Crippen LogP contribution in [0.15, 0.2) is 42.5 Å². The van der Waals surface area contributed by atoms with Crippen LogP contribution >= 0.6 is 0 Å². The van der Waals surface area contributed by atoms with Gasteiger partial charge in [-0.1, -0.05) is 6.07 Å². The maximum Gasteiger partial charge on any atom is 0.227 e. The molecule has 0 aromatic heterocycles. The summed E-state index contributed by atoms with van der Waals surface area (Å²) in [5.74, 6) is 0.493. The second-order valence-corrected chi connectivity index (χ2v) is 6.12. The minimum absolute atomic E-state index is 0.0610. The van der Waals surface area contributed by atoms with Crippen LogP contribution in [-0.4, -0.2) is 17.6 Å². The zero-order valence-corrected chi connectivity index (χ0v) is 13.5. The van der Waals surface area contributed by atoms with E-state index < -0.39 is 6.10 Å². The van der Waals surface area contributed by atoms with E-state index in [0.717, 1.165) is 18.5 Å². The Morgan fingerprint density at radius 3 is 2.62 bits per heavy atom. The lowest BCUT2D eigenvalue weighted by molar-refractivity contribution is -0.117. The molecule has 2 aromatic carbocycles. The van der Waals surface area contributed by atoms with Gasteiger partial charge in [0.2, 0.25) is 5.91 Å². The van der Waals surface area contributed by atoms with Gasteiger partial charge in [0.1, 0.15) is 24.3 Å². The number of benzene rings is 2. The highest BCUT2D eigenvalue weighted by molar-refractivity contribution is 5.94. The SMILES string of the molecule is Cc1cc(F)ccc1C(O)COc1ccc(NC(=O)C2CC2)cc1. The monoisotopic (exact) mass is 329 g/mol. The molecule has 0 aliphatic heterocycles. The fourth-order valence-electron chi connectivity index (χ4n) is 2.50. The zero-order chi connectivity index (χ0) is 17.1. The van der Waals surface area contributed by atoms with E-state index in [9.17, 15) is 14.3 Å². The molecule has 1 atom stereocenters. The Hall–Kier alpha value is -2.40. The zero-order valence-electron chi connectivity index (χ0n) is 13.5. The lowest BCUT2D eigenvalue weighted by Gasteiger charge is -2.15. The van der Waals surface area contributed by atoms with Crippen LogP contribution in [0.1, 0.15) is 30.1 Å². The van der Waals surface area contributed by atoms with Crippen LogP contribution in [0, 0.1) is 18.7 Å². The minimum Gasteiger partial charge on any atom is -0.491 e. The summed E-state index contributed by atoms with van der Waals surface area (Å²) < 4.78 is 18.7. The third kappa shape index (κ3) is 4.11. The Labute approximate surface area is 140 Å². The summed E-state index contributed by atoms with van der Waals surface area (Å²) in [7, 11) is 0. The fourth-order valence-corrected chi connectivity index (χ4v) is 2.50. The molecule has 2 N–H and O–H groups in total. The predicted molar refractivity (Wildman–Crippen MR) is 89.4 cm³/mol. The summed E-state index contributed by atoms with van der Waals surface area (Å²) in [6, 6.07) is 11.3. The average Bonchev–Trinajstić information content (AvgIpc) is 3.39. The molecule has 2 aromatic rings. The number of amides is 1. The number of hydrogen-bond acceptors (Lipinski definition) is 3. The Morgan fingerprint density at radius 2 is 2.00 bits per heavy atom. The second kappa shape index (κ2) is 7.01. The van der Waals surface area contributed by atoms with Crippen LogP contribution < -0.4 is 10.1 Å². The van der Waals surface area contributed by atoms with Crippen LogP contribution in [0.2, 0.25) is 0 Å². The topological polar surface area (TPSA) is 58.6 Å². The first kappa shape index (κ1) is 16.5. The lowest BCUT2D eigenvalue weighted by atomic mass is 10.0. The Balaban J connectivity index is 1.54. The maximum atomic E-state index is 13.1. The highest BCUT2D eigenvalue weighted by atomic mass is 19.1. The van der Waals surface area contributed by atoms with E-state index in [0.29, 0.717) is 16.9 Å². The number of hydrogen-bond donors (Lipinski definition) is 2. The van der Waals surface area contributed by atoms with Gasteiger partial charge in [-0.15, -0.1) is 0 Å². The molecular formula is C19H20FNO3. The van der Waals surface area contributed by atoms with E-state index in [-0.39, 0.29) is 24.2 Å². The minimum atomic E-state index is -0.833. The molecule has 0 saturated heterocycles. The highest BCUT2D eigenvalue weighted by Gasteiger charge is 2.29. The Morgan fingerprint density at radius 1 is 1.29 bits per heavy atom. The molecule has 1 unspecified atom stereocenters. The van der Waals surface area contributed by atoms with E-state index in [1.807, 2.05) is 0 Å². The Bertz CT molecular complexity index is 726. The average molecular weight is 329 g/mol. The number of aliphatic hydroxyl groups is 1. The number of anilines is 1. The van der Waals surface area contributed by atoms with Crippen LogP contribution in [0.5, 0.6) is 5.75 Å². The van der Waals surface area contributed by atoms with E-state index in [2.05, 4.69) is 5.32 Å². The van der Waals surface area contributed by atoms with Crippen LogP contribution in [0.25, 0.3) is 0 Å². The third-order valence-electron chi connectivity index (χ3n) is 4.07. The van der Waals surface area contributed by atoms with Crippen molar-refractivity contribution in [3.63, 3.8) is 0 Å². The van der Waals surface area contributed by atoms with E-state index in [4.69, 9.17) is 4.74 Å². The molecule has 5 heteroatoms. The van der Waals surface area contributed by atoms with Gasteiger partial charge in [-0.2, -0.15) is 0 Å². The number of rotatable bonds is 6. The number of aliphatic hydroxyl groups excluding tert-OH is 1.